The fraction of sp³-hybridized carbons (Fsp3) is 0.739. The van der Waals surface area contributed by atoms with Crippen molar-refractivity contribution >= 4 is 5.69 Å². The Morgan fingerprint density at radius 1 is 0.963 bits per heavy atom. The SMILES string of the molecule is CCCN1CCC(N2CCC3(CC2)CCN(N(C)C)c2ccccc23)CC1. The van der Waals surface area contributed by atoms with Crippen molar-refractivity contribution in [3.8, 4) is 0 Å². The predicted octanol–water partition coefficient (Wildman–Crippen LogP) is 3.58. The van der Waals surface area contributed by atoms with Crippen LogP contribution in [0.2, 0.25) is 0 Å². The van der Waals surface area contributed by atoms with Gasteiger partial charge in [-0.05, 0) is 82.9 Å². The number of piperidine rings is 2. The number of hydrazine groups is 1. The molecule has 2 saturated heterocycles. The Labute approximate surface area is 166 Å². The molecule has 0 bridgehead atoms. The van der Waals surface area contributed by atoms with Crippen LogP contribution in [0, 0.1) is 0 Å². The molecular weight excluding hydrogens is 332 g/mol. The third-order valence-electron chi connectivity index (χ3n) is 7.41. The first-order chi connectivity index (χ1) is 13.1. The van der Waals surface area contributed by atoms with Crippen LogP contribution in [0.15, 0.2) is 24.3 Å². The molecule has 150 valence electrons. The van der Waals surface area contributed by atoms with E-state index < -0.39 is 0 Å². The zero-order valence-electron chi connectivity index (χ0n) is 17.7. The number of nitrogens with zero attached hydrogens (tertiary/aromatic N) is 4. The molecule has 1 aromatic carbocycles. The summed E-state index contributed by atoms with van der Waals surface area (Å²) in [6, 6.07) is 10.0. The van der Waals surface area contributed by atoms with E-state index in [0.29, 0.717) is 5.41 Å². The second kappa shape index (κ2) is 8.10. The number of anilines is 1. The molecule has 0 aliphatic carbocycles. The van der Waals surface area contributed by atoms with E-state index in [1.165, 1.54) is 76.9 Å². The Morgan fingerprint density at radius 2 is 1.63 bits per heavy atom. The van der Waals surface area contributed by atoms with Crippen molar-refractivity contribution in [2.45, 2.75) is 56.9 Å². The second-order valence-corrected chi connectivity index (χ2v) is 9.13. The molecule has 2 fully saturated rings. The molecular formula is C23H38N4. The molecule has 3 aliphatic heterocycles. The van der Waals surface area contributed by atoms with E-state index in [0.717, 1.165) is 12.6 Å². The van der Waals surface area contributed by atoms with Crippen molar-refractivity contribution < 1.29 is 0 Å². The second-order valence-electron chi connectivity index (χ2n) is 9.13. The van der Waals surface area contributed by atoms with Gasteiger partial charge in [0, 0.05) is 32.1 Å². The van der Waals surface area contributed by atoms with Gasteiger partial charge < -0.3 is 14.8 Å². The van der Waals surface area contributed by atoms with Gasteiger partial charge in [0.05, 0.1) is 5.69 Å². The van der Waals surface area contributed by atoms with Crippen LogP contribution >= 0.6 is 0 Å². The first kappa shape index (κ1) is 19.2. The Kier molecular flexibility index (Phi) is 5.77. The molecule has 0 atom stereocenters. The maximum absolute atomic E-state index is 2.83. The molecule has 3 heterocycles. The molecule has 0 aromatic heterocycles. The number of hydrogen-bond donors (Lipinski definition) is 0. The Balaban J connectivity index is 1.42. The minimum Gasteiger partial charge on any atom is -0.306 e. The van der Waals surface area contributed by atoms with Gasteiger partial charge in [0.15, 0.2) is 0 Å². The van der Waals surface area contributed by atoms with E-state index in [9.17, 15) is 0 Å². The third-order valence-corrected chi connectivity index (χ3v) is 7.41. The van der Waals surface area contributed by atoms with E-state index in [1.54, 1.807) is 5.56 Å². The normalized spacial score (nSPS) is 24.5. The van der Waals surface area contributed by atoms with Gasteiger partial charge in [0.1, 0.15) is 0 Å². The van der Waals surface area contributed by atoms with E-state index in [2.05, 4.69) is 65.1 Å². The summed E-state index contributed by atoms with van der Waals surface area (Å²) < 4.78 is 0. The van der Waals surface area contributed by atoms with Crippen LogP contribution in [0.5, 0.6) is 0 Å². The largest absolute Gasteiger partial charge is 0.306 e. The summed E-state index contributed by atoms with van der Waals surface area (Å²) >= 11 is 0. The lowest BCUT2D eigenvalue weighted by molar-refractivity contribution is 0.0640. The van der Waals surface area contributed by atoms with Gasteiger partial charge in [-0.2, -0.15) is 0 Å². The standard InChI is InChI=1S/C23H38N4/c1-4-14-25-15-9-20(10-16-25)26-17-11-23(12-18-26)13-19-27(24(2)3)22-8-6-5-7-21(22)23/h5-8,20H,4,9-19H2,1-3H3. The highest BCUT2D eigenvalue weighted by atomic mass is 15.6. The van der Waals surface area contributed by atoms with E-state index in [1.807, 2.05) is 0 Å². The zero-order chi connectivity index (χ0) is 18.9. The summed E-state index contributed by atoms with van der Waals surface area (Å²) in [6.45, 7) is 9.93. The molecule has 3 aliphatic rings. The summed E-state index contributed by atoms with van der Waals surface area (Å²) in [5.74, 6) is 0. The van der Waals surface area contributed by atoms with Crippen molar-refractivity contribution in [1.82, 2.24) is 14.8 Å². The Morgan fingerprint density at radius 3 is 2.30 bits per heavy atom. The number of hydrogen-bond acceptors (Lipinski definition) is 4. The van der Waals surface area contributed by atoms with Crippen molar-refractivity contribution in [3.63, 3.8) is 0 Å². The topological polar surface area (TPSA) is 13.0 Å². The van der Waals surface area contributed by atoms with Crippen LogP contribution in [0.25, 0.3) is 0 Å². The minimum atomic E-state index is 0.405. The smallest absolute Gasteiger partial charge is 0.0559 e. The summed E-state index contributed by atoms with van der Waals surface area (Å²) in [6.07, 6.45) is 8.00. The highest BCUT2D eigenvalue weighted by molar-refractivity contribution is 5.58. The van der Waals surface area contributed by atoms with Gasteiger partial charge in [-0.3, -0.25) is 0 Å². The molecule has 0 saturated carbocycles. The van der Waals surface area contributed by atoms with Crippen LogP contribution in [0.4, 0.5) is 5.69 Å². The number of likely N-dealkylation sites (tertiary alicyclic amines) is 2. The van der Waals surface area contributed by atoms with Crippen LogP contribution in [0.1, 0.15) is 51.0 Å². The Hall–Kier alpha value is -1.10. The van der Waals surface area contributed by atoms with E-state index in [4.69, 9.17) is 0 Å². The van der Waals surface area contributed by atoms with Gasteiger partial charge in [-0.15, -0.1) is 0 Å². The lowest BCUT2D eigenvalue weighted by Crippen LogP contribution is -2.53. The number of rotatable bonds is 4. The van der Waals surface area contributed by atoms with Crippen molar-refractivity contribution in [2.75, 3.05) is 58.4 Å². The highest BCUT2D eigenvalue weighted by Crippen LogP contribution is 2.47. The fourth-order valence-electron chi connectivity index (χ4n) is 5.80. The molecule has 0 radical (unpaired) electrons. The maximum Gasteiger partial charge on any atom is 0.0559 e. The minimum absolute atomic E-state index is 0.405. The predicted molar refractivity (Wildman–Crippen MR) is 114 cm³/mol. The molecule has 27 heavy (non-hydrogen) atoms. The molecule has 0 unspecified atom stereocenters. The first-order valence-corrected chi connectivity index (χ1v) is 11.1. The quantitative estimate of drug-likeness (QED) is 0.803. The molecule has 1 spiro atoms. The maximum atomic E-state index is 2.83. The van der Waals surface area contributed by atoms with Crippen molar-refractivity contribution in [3.05, 3.63) is 29.8 Å². The van der Waals surface area contributed by atoms with E-state index in [-0.39, 0.29) is 0 Å². The molecule has 4 heteroatoms. The third kappa shape index (κ3) is 3.76. The zero-order valence-corrected chi connectivity index (χ0v) is 17.7. The Bertz CT molecular complexity index is 613. The summed E-state index contributed by atoms with van der Waals surface area (Å²) in [5.41, 5.74) is 3.44. The summed E-state index contributed by atoms with van der Waals surface area (Å²) in [5, 5.41) is 4.71. The lowest BCUT2D eigenvalue weighted by Gasteiger charge is -2.51. The van der Waals surface area contributed by atoms with Gasteiger partial charge in [-0.1, -0.05) is 25.1 Å². The van der Waals surface area contributed by atoms with Gasteiger partial charge in [0.2, 0.25) is 0 Å². The summed E-state index contributed by atoms with van der Waals surface area (Å²) in [4.78, 5) is 5.49. The highest BCUT2D eigenvalue weighted by Gasteiger charge is 2.42. The number of fused-ring (bicyclic) bond motifs is 2. The fourth-order valence-corrected chi connectivity index (χ4v) is 5.80. The molecule has 4 rings (SSSR count). The number of benzene rings is 1. The lowest BCUT2D eigenvalue weighted by atomic mass is 9.68. The van der Waals surface area contributed by atoms with Gasteiger partial charge in [0.25, 0.3) is 0 Å². The van der Waals surface area contributed by atoms with Crippen molar-refractivity contribution in [2.24, 2.45) is 0 Å². The average molecular weight is 371 g/mol. The van der Waals surface area contributed by atoms with Gasteiger partial charge in [-0.25, -0.2) is 5.01 Å². The van der Waals surface area contributed by atoms with Crippen LogP contribution in [-0.2, 0) is 5.41 Å². The number of para-hydroxylation sites is 1. The monoisotopic (exact) mass is 370 g/mol. The van der Waals surface area contributed by atoms with Gasteiger partial charge >= 0.3 is 0 Å². The van der Waals surface area contributed by atoms with Crippen LogP contribution in [0.3, 0.4) is 0 Å². The average Bonchev–Trinajstić information content (AvgIpc) is 2.70. The first-order valence-electron chi connectivity index (χ1n) is 11.1. The summed E-state index contributed by atoms with van der Waals surface area (Å²) in [7, 11) is 4.34. The molecule has 0 N–H and O–H groups in total. The molecule has 4 nitrogen and oxygen atoms in total. The van der Waals surface area contributed by atoms with Crippen LogP contribution < -0.4 is 5.01 Å². The van der Waals surface area contributed by atoms with Crippen LogP contribution in [-0.4, -0.2) is 74.2 Å². The molecule has 1 aromatic rings. The molecule has 0 amide bonds. The van der Waals surface area contributed by atoms with E-state index >= 15 is 0 Å². The van der Waals surface area contributed by atoms with Crippen molar-refractivity contribution in [1.29, 1.82) is 0 Å².